The van der Waals surface area contributed by atoms with Gasteiger partial charge in [-0.3, -0.25) is 14.4 Å². The smallest absolute Gasteiger partial charge is 0.245 e. The number of amides is 3. The summed E-state index contributed by atoms with van der Waals surface area (Å²) in [6, 6.07) is 18.0. The Kier molecular flexibility index (Phi) is 10.4. The van der Waals surface area contributed by atoms with Crippen molar-refractivity contribution in [1.29, 1.82) is 0 Å². The largest absolute Gasteiger partial charge is 0.353 e. The lowest BCUT2D eigenvalue weighted by molar-refractivity contribution is -0.139. The third-order valence-electron chi connectivity index (χ3n) is 8.27. The van der Waals surface area contributed by atoms with Crippen LogP contribution in [0, 0.1) is 0 Å². The molecule has 3 amide bonds. The second kappa shape index (κ2) is 13.2. The molecule has 40 heavy (non-hydrogen) atoms. The van der Waals surface area contributed by atoms with E-state index in [0.717, 1.165) is 37.7 Å². The Labute approximate surface area is 245 Å². The van der Waals surface area contributed by atoms with Crippen molar-refractivity contribution in [3.05, 3.63) is 71.3 Å². The van der Waals surface area contributed by atoms with Crippen molar-refractivity contribution in [2.75, 3.05) is 13.1 Å². The lowest BCUT2D eigenvalue weighted by atomic mass is 9.73. The molecule has 2 aliphatic rings. The Hall–Kier alpha value is -2.90. The molecular weight excluding hydrogens is 524 g/mol. The van der Waals surface area contributed by atoms with E-state index in [2.05, 4.69) is 34.9 Å². The fourth-order valence-corrected chi connectivity index (χ4v) is 6.12. The summed E-state index contributed by atoms with van der Waals surface area (Å²) < 4.78 is 0. The molecule has 1 fully saturated rings. The molecule has 0 aromatic heterocycles. The zero-order chi connectivity index (χ0) is 28.2. The minimum absolute atomic E-state index is 0. The number of nitrogens with one attached hydrogen (secondary N) is 2. The Balaban J connectivity index is 0.00000441. The van der Waals surface area contributed by atoms with Gasteiger partial charge in [0.15, 0.2) is 0 Å². The predicted octanol–water partition coefficient (Wildman–Crippen LogP) is 4.23. The van der Waals surface area contributed by atoms with E-state index in [1.807, 2.05) is 49.1 Å². The number of rotatable bonds is 9. The average Bonchev–Trinajstić information content (AvgIpc) is 3.22. The number of likely N-dealkylation sites (tertiary alicyclic amines) is 1. The number of hydrogen-bond donors (Lipinski definition) is 3. The lowest BCUT2D eigenvalue weighted by Gasteiger charge is -2.41. The fourth-order valence-electron chi connectivity index (χ4n) is 6.12. The molecule has 8 heteroatoms. The number of aryl methyl sites for hydroxylation is 1. The van der Waals surface area contributed by atoms with Crippen molar-refractivity contribution in [1.82, 2.24) is 15.5 Å². The average molecular weight is 569 g/mol. The molecule has 2 atom stereocenters. The molecule has 7 nitrogen and oxygen atoms in total. The number of halogens is 1. The molecule has 2 aromatic rings. The van der Waals surface area contributed by atoms with Crippen LogP contribution in [0.2, 0.25) is 0 Å². The third kappa shape index (κ3) is 7.24. The van der Waals surface area contributed by atoms with Gasteiger partial charge in [0.25, 0.3) is 0 Å². The Bertz CT molecular complexity index is 1170. The zero-order valence-electron chi connectivity index (χ0n) is 24.2. The molecule has 1 heterocycles. The van der Waals surface area contributed by atoms with Gasteiger partial charge in [-0.25, -0.2) is 0 Å². The van der Waals surface area contributed by atoms with Gasteiger partial charge in [-0.1, -0.05) is 54.6 Å². The van der Waals surface area contributed by atoms with Crippen LogP contribution in [0.15, 0.2) is 54.6 Å². The van der Waals surface area contributed by atoms with Gasteiger partial charge in [-0.15, -0.1) is 12.4 Å². The molecule has 4 N–H and O–H groups in total. The SMILES string of the molecule is CC(C)NC(=O)[C@@H]1CC2(CCN(C(=O)[C@@H](CCCc3ccccc3)NC(=O)C(C)(C)N)CC2)c2ccccc21.Cl. The molecule has 0 radical (unpaired) electrons. The molecule has 218 valence electrons. The van der Waals surface area contributed by atoms with E-state index >= 15 is 0 Å². The van der Waals surface area contributed by atoms with E-state index < -0.39 is 11.6 Å². The monoisotopic (exact) mass is 568 g/mol. The highest BCUT2D eigenvalue weighted by Crippen LogP contribution is 2.51. The van der Waals surface area contributed by atoms with Gasteiger partial charge in [0.1, 0.15) is 6.04 Å². The second-order valence-electron chi connectivity index (χ2n) is 12.2. The van der Waals surface area contributed by atoms with Gasteiger partial charge in [0.05, 0.1) is 11.5 Å². The van der Waals surface area contributed by atoms with Crippen LogP contribution in [-0.4, -0.2) is 53.3 Å². The molecule has 0 bridgehead atoms. The van der Waals surface area contributed by atoms with E-state index in [-0.39, 0.29) is 47.5 Å². The summed E-state index contributed by atoms with van der Waals surface area (Å²) in [5.74, 6) is -0.449. The summed E-state index contributed by atoms with van der Waals surface area (Å²) in [6.07, 6.45) is 4.54. The van der Waals surface area contributed by atoms with Crippen molar-refractivity contribution in [2.24, 2.45) is 5.73 Å². The van der Waals surface area contributed by atoms with E-state index in [0.29, 0.717) is 19.5 Å². The number of nitrogens with zero attached hydrogens (tertiary/aromatic N) is 1. The molecule has 0 saturated carbocycles. The molecule has 1 aliphatic heterocycles. The summed E-state index contributed by atoms with van der Waals surface area (Å²) >= 11 is 0. The topological polar surface area (TPSA) is 105 Å². The van der Waals surface area contributed by atoms with Crippen molar-refractivity contribution in [3.8, 4) is 0 Å². The van der Waals surface area contributed by atoms with Crippen LogP contribution in [-0.2, 0) is 26.2 Å². The molecular formula is C32H45ClN4O3. The van der Waals surface area contributed by atoms with Gasteiger partial charge < -0.3 is 21.3 Å². The highest BCUT2D eigenvalue weighted by Gasteiger charge is 2.48. The van der Waals surface area contributed by atoms with Crippen LogP contribution < -0.4 is 16.4 Å². The van der Waals surface area contributed by atoms with Gasteiger partial charge in [-0.2, -0.15) is 0 Å². The summed E-state index contributed by atoms with van der Waals surface area (Å²) in [5, 5.41) is 6.05. The maximum absolute atomic E-state index is 13.8. The Morgan fingerprint density at radius 2 is 1.62 bits per heavy atom. The normalized spacial score (nSPS) is 18.6. The first-order chi connectivity index (χ1) is 18.5. The highest BCUT2D eigenvalue weighted by molar-refractivity contribution is 5.91. The number of carbonyl (C=O) groups excluding carboxylic acids is 3. The molecule has 1 spiro atoms. The number of fused-ring (bicyclic) bond motifs is 2. The van der Waals surface area contributed by atoms with E-state index in [4.69, 9.17) is 5.73 Å². The molecule has 0 unspecified atom stereocenters. The highest BCUT2D eigenvalue weighted by atomic mass is 35.5. The van der Waals surface area contributed by atoms with Crippen LogP contribution in [0.3, 0.4) is 0 Å². The van der Waals surface area contributed by atoms with Gasteiger partial charge in [0.2, 0.25) is 17.7 Å². The molecule has 4 rings (SSSR count). The number of carbonyl (C=O) groups is 3. The predicted molar refractivity (Wildman–Crippen MR) is 161 cm³/mol. The van der Waals surface area contributed by atoms with E-state index in [9.17, 15) is 14.4 Å². The number of nitrogens with two attached hydrogens (primary N) is 1. The van der Waals surface area contributed by atoms with Crippen LogP contribution in [0.5, 0.6) is 0 Å². The lowest BCUT2D eigenvalue weighted by Crippen LogP contribution is -2.57. The number of hydrogen-bond acceptors (Lipinski definition) is 4. The summed E-state index contributed by atoms with van der Waals surface area (Å²) in [5.41, 5.74) is 8.45. The first kappa shape index (κ1) is 31.6. The molecule has 1 aliphatic carbocycles. The van der Waals surface area contributed by atoms with Crippen LogP contribution in [0.25, 0.3) is 0 Å². The van der Waals surface area contributed by atoms with Crippen LogP contribution >= 0.6 is 12.4 Å². The maximum Gasteiger partial charge on any atom is 0.245 e. The summed E-state index contributed by atoms with van der Waals surface area (Å²) in [4.78, 5) is 41.5. The van der Waals surface area contributed by atoms with Crippen molar-refractivity contribution < 1.29 is 14.4 Å². The number of piperidine rings is 1. The van der Waals surface area contributed by atoms with Gasteiger partial charge in [0, 0.05) is 24.5 Å². The number of benzene rings is 2. The minimum Gasteiger partial charge on any atom is -0.353 e. The van der Waals surface area contributed by atoms with Gasteiger partial charge >= 0.3 is 0 Å². The van der Waals surface area contributed by atoms with Crippen LogP contribution in [0.4, 0.5) is 0 Å². The van der Waals surface area contributed by atoms with E-state index in [1.54, 1.807) is 13.8 Å². The van der Waals surface area contributed by atoms with Crippen molar-refractivity contribution >= 4 is 30.1 Å². The Morgan fingerprint density at radius 1 is 1.00 bits per heavy atom. The molecule has 1 saturated heterocycles. The van der Waals surface area contributed by atoms with Gasteiger partial charge in [-0.05, 0) is 82.9 Å². The first-order valence-corrected chi connectivity index (χ1v) is 14.3. The quantitative estimate of drug-likeness (QED) is 0.421. The van der Waals surface area contributed by atoms with Crippen LogP contribution in [0.1, 0.15) is 82.4 Å². The van der Waals surface area contributed by atoms with Crippen molar-refractivity contribution in [2.45, 2.75) is 95.2 Å². The third-order valence-corrected chi connectivity index (χ3v) is 8.27. The summed E-state index contributed by atoms with van der Waals surface area (Å²) in [7, 11) is 0. The van der Waals surface area contributed by atoms with Crippen molar-refractivity contribution in [3.63, 3.8) is 0 Å². The Morgan fingerprint density at radius 3 is 2.25 bits per heavy atom. The molecule has 2 aromatic carbocycles. The zero-order valence-corrected chi connectivity index (χ0v) is 25.1. The van der Waals surface area contributed by atoms with E-state index in [1.165, 1.54) is 11.1 Å². The summed E-state index contributed by atoms with van der Waals surface area (Å²) in [6.45, 7) is 8.48. The standard InChI is InChI=1S/C32H44N4O3.ClH/c1-22(2)34-28(37)25-21-32(26-15-9-8-14-24(25)26)17-19-36(20-18-32)29(38)27(35-30(39)31(3,4)33)16-10-13-23-11-6-5-7-12-23;/h5-9,11-12,14-15,22,25,27H,10,13,16-21,33H2,1-4H3,(H,34,37)(H,35,39);1H/t25-,27-;/m1./s1. The maximum atomic E-state index is 13.8. The minimum atomic E-state index is -1.07. The fraction of sp³-hybridized carbons (Fsp3) is 0.531. The second-order valence-corrected chi connectivity index (χ2v) is 12.2. The first-order valence-electron chi connectivity index (χ1n) is 14.3.